The number of hydrogen-bond acceptors (Lipinski definition) is 5. The molecule has 0 radical (unpaired) electrons. The number of hydrogen-bond donors (Lipinski definition) is 1. The summed E-state index contributed by atoms with van der Waals surface area (Å²) >= 11 is 0. The summed E-state index contributed by atoms with van der Waals surface area (Å²) in [6.45, 7) is 6.45. The molecule has 1 fully saturated rings. The molecule has 5 nitrogen and oxygen atoms in total. The molecule has 0 amide bonds. The number of nitrogens with zero attached hydrogens (tertiary/aromatic N) is 4. The summed E-state index contributed by atoms with van der Waals surface area (Å²) in [6, 6.07) is 2.38. The molecule has 5 heteroatoms. The van der Waals surface area contributed by atoms with E-state index in [0.29, 0.717) is 17.8 Å². The zero-order chi connectivity index (χ0) is 14.0. The summed E-state index contributed by atoms with van der Waals surface area (Å²) in [4.78, 5) is 13.6. The van der Waals surface area contributed by atoms with Crippen LogP contribution >= 0.6 is 0 Å². The highest BCUT2D eigenvalue weighted by Crippen LogP contribution is 2.22. The SMILES string of the molecule is CC(C)c1nc(N)cc(N(C)C2CCCN(C)C2)n1. The lowest BCUT2D eigenvalue weighted by Crippen LogP contribution is -2.45. The predicted molar refractivity (Wildman–Crippen MR) is 79.5 cm³/mol. The smallest absolute Gasteiger partial charge is 0.135 e. The maximum absolute atomic E-state index is 5.90. The molecule has 106 valence electrons. The number of likely N-dealkylation sites (tertiary alicyclic amines) is 1. The summed E-state index contributed by atoms with van der Waals surface area (Å²) in [5.74, 6) is 2.62. The van der Waals surface area contributed by atoms with E-state index in [9.17, 15) is 0 Å². The van der Waals surface area contributed by atoms with E-state index in [2.05, 4.69) is 47.7 Å². The highest BCUT2D eigenvalue weighted by Gasteiger charge is 2.22. The van der Waals surface area contributed by atoms with Crippen molar-refractivity contribution in [1.29, 1.82) is 0 Å². The summed E-state index contributed by atoms with van der Waals surface area (Å²) in [6.07, 6.45) is 2.45. The molecule has 2 rings (SSSR count). The second-order valence-electron chi connectivity index (χ2n) is 5.83. The first-order valence-corrected chi connectivity index (χ1v) is 7.03. The Morgan fingerprint density at radius 1 is 1.42 bits per heavy atom. The van der Waals surface area contributed by atoms with Gasteiger partial charge in [0.15, 0.2) is 0 Å². The van der Waals surface area contributed by atoms with E-state index in [1.165, 1.54) is 19.4 Å². The van der Waals surface area contributed by atoms with Crippen molar-refractivity contribution < 1.29 is 0 Å². The Hall–Kier alpha value is -1.36. The highest BCUT2D eigenvalue weighted by atomic mass is 15.2. The third kappa shape index (κ3) is 3.35. The summed E-state index contributed by atoms with van der Waals surface area (Å²) in [5.41, 5.74) is 5.90. The zero-order valence-corrected chi connectivity index (χ0v) is 12.4. The Labute approximate surface area is 115 Å². The van der Waals surface area contributed by atoms with Crippen molar-refractivity contribution in [2.45, 2.75) is 38.6 Å². The monoisotopic (exact) mass is 263 g/mol. The van der Waals surface area contributed by atoms with Gasteiger partial charge in [0.2, 0.25) is 0 Å². The molecule has 1 aromatic heterocycles. The second kappa shape index (κ2) is 5.74. The van der Waals surface area contributed by atoms with Crippen LogP contribution in [-0.2, 0) is 0 Å². The van der Waals surface area contributed by atoms with E-state index in [1.54, 1.807) is 0 Å². The number of nitrogens with two attached hydrogens (primary N) is 1. The third-order valence-corrected chi connectivity index (χ3v) is 3.77. The molecule has 0 spiro atoms. The maximum atomic E-state index is 5.90. The van der Waals surface area contributed by atoms with Gasteiger partial charge in [-0.2, -0.15) is 0 Å². The number of likely N-dealkylation sites (N-methyl/N-ethyl adjacent to an activating group) is 2. The molecule has 0 aliphatic carbocycles. The lowest BCUT2D eigenvalue weighted by atomic mass is 10.1. The largest absolute Gasteiger partial charge is 0.384 e. The fourth-order valence-corrected chi connectivity index (χ4v) is 2.55. The van der Waals surface area contributed by atoms with Crippen molar-refractivity contribution in [3.63, 3.8) is 0 Å². The van der Waals surface area contributed by atoms with Crippen LogP contribution in [0.3, 0.4) is 0 Å². The van der Waals surface area contributed by atoms with Gasteiger partial charge in [-0.25, -0.2) is 9.97 Å². The molecule has 0 bridgehead atoms. The van der Waals surface area contributed by atoms with Gasteiger partial charge in [-0.1, -0.05) is 13.8 Å². The lowest BCUT2D eigenvalue weighted by molar-refractivity contribution is 0.247. The first-order valence-electron chi connectivity index (χ1n) is 7.03. The van der Waals surface area contributed by atoms with E-state index in [4.69, 9.17) is 5.73 Å². The third-order valence-electron chi connectivity index (χ3n) is 3.77. The van der Waals surface area contributed by atoms with Gasteiger partial charge in [-0.05, 0) is 26.4 Å². The summed E-state index contributed by atoms with van der Waals surface area (Å²) in [5, 5.41) is 0. The van der Waals surface area contributed by atoms with Crippen LogP contribution in [0.25, 0.3) is 0 Å². The summed E-state index contributed by atoms with van der Waals surface area (Å²) in [7, 11) is 4.28. The van der Waals surface area contributed by atoms with Gasteiger partial charge in [0, 0.05) is 31.6 Å². The van der Waals surface area contributed by atoms with E-state index >= 15 is 0 Å². The van der Waals surface area contributed by atoms with Crippen LogP contribution in [0, 0.1) is 0 Å². The van der Waals surface area contributed by atoms with Crippen molar-refractivity contribution in [3.05, 3.63) is 11.9 Å². The van der Waals surface area contributed by atoms with Crippen molar-refractivity contribution in [2.75, 3.05) is 37.8 Å². The van der Waals surface area contributed by atoms with Crippen molar-refractivity contribution in [1.82, 2.24) is 14.9 Å². The number of anilines is 2. The molecule has 1 atom stereocenters. The predicted octanol–water partition coefficient (Wildman–Crippen LogP) is 1.71. The number of piperidine rings is 1. The lowest BCUT2D eigenvalue weighted by Gasteiger charge is -2.36. The Bertz CT molecular complexity index is 432. The molecule has 2 heterocycles. The van der Waals surface area contributed by atoms with Gasteiger partial charge < -0.3 is 15.5 Å². The van der Waals surface area contributed by atoms with Gasteiger partial charge in [0.25, 0.3) is 0 Å². The topological polar surface area (TPSA) is 58.3 Å². The molecular formula is C14H25N5. The molecule has 1 aliphatic heterocycles. The zero-order valence-electron chi connectivity index (χ0n) is 12.4. The summed E-state index contributed by atoms with van der Waals surface area (Å²) < 4.78 is 0. The minimum Gasteiger partial charge on any atom is -0.384 e. The van der Waals surface area contributed by atoms with Crippen LogP contribution in [-0.4, -0.2) is 48.1 Å². The molecule has 19 heavy (non-hydrogen) atoms. The van der Waals surface area contributed by atoms with E-state index in [0.717, 1.165) is 18.2 Å². The fourth-order valence-electron chi connectivity index (χ4n) is 2.55. The van der Waals surface area contributed by atoms with Crippen molar-refractivity contribution >= 4 is 11.6 Å². The Kier molecular flexibility index (Phi) is 4.24. The van der Waals surface area contributed by atoms with Gasteiger partial charge in [0.1, 0.15) is 17.5 Å². The Morgan fingerprint density at radius 2 is 2.16 bits per heavy atom. The number of aromatic nitrogens is 2. The average Bonchev–Trinajstić information content (AvgIpc) is 2.37. The highest BCUT2D eigenvalue weighted by molar-refractivity contribution is 5.47. The molecule has 2 N–H and O–H groups in total. The van der Waals surface area contributed by atoms with Gasteiger partial charge in [0.05, 0.1) is 0 Å². The molecule has 0 aromatic carbocycles. The van der Waals surface area contributed by atoms with Gasteiger partial charge in [-0.3, -0.25) is 0 Å². The van der Waals surface area contributed by atoms with Gasteiger partial charge in [-0.15, -0.1) is 0 Å². The van der Waals surface area contributed by atoms with Crippen LogP contribution in [0.1, 0.15) is 38.4 Å². The van der Waals surface area contributed by atoms with E-state index in [1.807, 2.05) is 6.07 Å². The van der Waals surface area contributed by atoms with Crippen LogP contribution in [0.5, 0.6) is 0 Å². The quantitative estimate of drug-likeness (QED) is 0.899. The van der Waals surface area contributed by atoms with E-state index < -0.39 is 0 Å². The van der Waals surface area contributed by atoms with Crippen LogP contribution in [0.4, 0.5) is 11.6 Å². The average molecular weight is 263 g/mol. The molecule has 0 saturated carbocycles. The normalized spacial score (nSPS) is 20.8. The van der Waals surface area contributed by atoms with Gasteiger partial charge >= 0.3 is 0 Å². The van der Waals surface area contributed by atoms with Crippen molar-refractivity contribution in [2.24, 2.45) is 0 Å². The van der Waals surface area contributed by atoms with Crippen molar-refractivity contribution in [3.8, 4) is 0 Å². The minimum atomic E-state index is 0.296. The fraction of sp³-hybridized carbons (Fsp3) is 0.714. The molecular weight excluding hydrogens is 238 g/mol. The van der Waals surface area contributed by atoms with Crippen LogP contribution in [0.15, 0.2) is 6.07 Å². The first-order chi connectivity index (χ1) is 8.97. The standard InChI is InChI=1S/C14H25N5/c1-10(2)14-16-12(15)8-13(17-14)19(4)11-6-5-7-18(3)9-11/h8,10-11H,5-7,9H2,1-4H3,(H2,15,16,17). The second-order valence-corrected chi connectivity index (χ2v) is 5.83. The molecule has 1 saturated heterocycles. The number of rotatable bonds is 3. The molecule has 1 aliphatic rings. The Balaban J connectivity index is 2.20. The van der Waals surface area contributed by atoms with Crippen LogP contribution < -0.4 is 10.6 Å². The number of nitrogen functional groups attached to an aromatic ring is 1. The maximum Gasteiger partial charge on any atom is 0.135 e. The molecule has 1 aromatic rings. The molecule has 1 unspecified atom stereocenters. The minimum absolute atomic E-state index is 0.296. The Morgan fingerprint density at radius 3 is 2.79 bits per heavy atom. The van der Waals surface area contributed by atoms with E-state index in [-0.39, 0.29) is 0 Å². The first kappa shape index (κ1) is 14.1. The van der Waals surface area contributed by atoms with Crippen LogP contribution in [0.2, 0.25) is 0 Å².